The monoisotopic (exact) mass is 637 g/mol. The van der Waals surface area contributed by atoms with Crippen LogP contribution in [0.2, 0.25) is 0 Å². The van der Waals surface area contributed by atoms with E-state index in [0.717, 1.165) is 18.6 Å². The van der Waals surface area contributed by atoms with Crippen LogP contribution in [0.25, 0.3) is 11.0 Å². The normalized spacial score (nSPS) is 18.6. The third-order valence-corrected chi connectivity index (χ3v) is 8.37. The van der Waals surface area contributed by atoms with Crippen molar-refractivity contribution < 1.29 is 50.1 Å². The van der Waals surface area contributed by atoms with Crippen molar-refractivity contribution in [1.82, 2.24) is 14.5 Å². The fraction of sp³-hybridized carbons (Fsp3) is 0.355. The molecule has 0 spiro atoms. The number of aromatic carboxylic acids is 1. The first-order valence-electron chi connectivity index (χ1n) is 14.1. The Morgan fingerprint density at radius 1 is 1.11 bits per heavy atom. The van der Waals surface area contributed by atoms with Crippen LogP contribution in [0.5, 0.6) is 5.75 Å². The Labute approximate surface area is 251 Å². The van der Waals surface area contributed by atoms with Crippen LogP contribution in [-0.4, -0.2) is 44.8 Å². The molecule has 0 unspecified atom stereocenters. The van der Waals surface area contributed by atoms with Gasteiger partial charge >= 0.3 is 12.1 Å². The van der Waals surface area contributed by atoms with Gasteiger partial charge in [-0.05, 0) is 55.2 Å². The summed E-state index contributed by atoms with van der Waals surface area (Å²) < 4.78 is 112. The van der Waals surface area contributed by atoms with Crippen LogP contribution >= 0.6 is 0 Å². The number of hydrogen-bond acceptors (Lipinski definition) is 5. The lowest BCUT2D eigenvalue weighted by Gasteiger charge is -2.36. The van der Waals surface area contributed by atoms with E-state index < -0.39 is 70.5 Å². The standard InChI is InChI=1S/C31H26F7N3O4/c1-15-20-11-26(45-14-21-23(33)9-17(32)10-24(21)34)22(31(36,37)38)8-16(20)4-6-40(15)13-27-39-25-3-2-19(30(42)43)28(35)29(25)41(27)12-18-5-7-44-18/h2-3,8-11,15,18H,4-7,12-14H2,1H3,(H,42,43)/t15-,18-/m0/s1. The Morgan fingerprint density at radius 2 is 1.82 bits per heavy atom. The molecule has 0 saturated carbocycles. The summed E-state index contributed by atoms with van der Waals surface area (Å²) in [7, 11) is 0. The van der Waals surface area contributed by atoms with Crippen LogP contribution in [0.15, 0.2) is 36.4 Å². The van der Waals surface area contributed by atoms with Crippen molar-refractivity contribution in [3.63, 3.8) is 0 Å². The molecule has 0 bridgehead atoms. The third-order valence-electron chi connectivity index (χ3n) is 8.37. The second-order valence-electron chi connectivity index (χ2n) is 11.1. The van der Waals surface area contributed by atoms with Crippen LogP contribution < -0.4 is 4.74 Å². The first-order chi connectivity index (χ1) is 21.3. The summed E-state index contributed by atoms with van der Waals surface area (Å²) in [6.07, 6.45) is -4.11. The van der Waals surface area contributed by atoms with Gasteiger partial charge in [-0.25, -0.2) is 27.3 Å². The topological polar surface area (TPSA) is 76.8 Å². The number of aromatic nitrogens is 2. The molecule has 3 aromatic carbocycles. The van der Waals surface area contributed by atoms with Crippen molar-refractivity contribution in [1.29, 1.82) is 0 Å². The number of halogens is 7. The molecule has 4 aromatic rings. The number of rotatable bonds is 8. The SMILES string of the molecule is C[C@H]1c2cc(OCc3c(F)cc(F)cc3F)c(C(F)(F)F)cc2CCN1Cc1nc2ccc(C(=O)O)c(F)c2n1C[C@@H]1CCO1. The van der Waals surface area contributed by atoms with Crippen molar-refractivity contribution in [3.8, 4) is 5.75 Å². The summed E-state index contributed by atoms with van der Waals surface area (Å²) in [5.41, 5.74) is -1.17. The fourth-order valence-corrected chi connectivity index (χ4v) is 5.84. The molecule has 2 atom stereocenters. The summed E-state index contributed by atoms with van der Waals surface area (Å²) in [6, 6.07) is 5.05. The molecule has 2 aliphatic rings. The molecule has 1 aromatic heterocycles. The summed E-state index contributed by atoms with van der Waals surface area (Å²) in [5, 5.41) is 9.45. The smallest absolute Gasteiger partial charge is 0.419 e. The lowest BCUT2D eigenvalue weighted by molar-refractivity contribution is -0.139. The molecule has 14 heteroatoms. The number of ether oxygens (including phenoxy) is 2. The Kier molecular flexibility index (Phi) is 7.98. The number of carboxylic acids is 1. The van der Waals surface area contributed by atoms with E-state index >= 15 is 4.39 Å². The maximum absolute atomic E-state index is 15.4. The van der Waals surface area contributed by atoms with Crippen molar-refractivity contribution in [2.45, 2.75) is 57.8 Å². The predicted octanol–water partition coefficient (Wildman–Crippen LogP) is 6.80. The maximum atomic E-state index is 15.4. The van der Waals surface area contributed by atoms with Crippen LogP contribution in [0.3, 0.4) is 0 Å². The highest BCUT2D eigenvalue weighted by Gasteiger charge is 2.38. The van der Waals surface area contributed by atoms with Crippen LogP contribution in [0.1, 0.15) is 57.8 Å². The largest absolute Gasteiger partial charge is 0.488 e. The molecule has 0 aliphatic carbocycles. The minimum Gasteiger partial charge on any atom is -0.488 e. The molecule has 1 N–H and O–H groups in total. The van der Waals surface area contributed by atoms with E-state index in [4.69, 9.17) is 9.47 Å². The Bertz CT molecular complexity index is 1780. The quantitative estimate of drug-likeness (QED) is 0.214. The Morgan fingerprint density at radius 3 is 2.44 bits per heavy atom. The minimum absolute atomic E-state index is 0.0243. The molecule has 3 heterocycles. The second-order valence-corrected chi connectivity index (χ2v) is 11.1. The number of alkyl halides is 3. The van der Waals surface area contributed by atoms with Crippen molar-refractivity contribution in [2.24, 2.45) is 0 Å². The number of imidazole rings is 1. The molecule has 238 valence electrons. The van der Waals surface area contributed by atoms with E-state index in [0.29, 0.717) is 42.2 Å². The molecule has 1 saturated heterocycles. The summed E-state index contributed by atoms with van der Waals surface area (Å²) in [6.45, 7) is 2.10. The predicted molar refractivity (Wildman–Crippen MR) is 146 cm³/mol. The molecule has 1 fully saturated rings. The highest BCUT2D eigenvalue weighted by atomic mass is 19.4. The van der Waals surface area contributed by atoms with Gasteiger partial charge in [0.25, 0.3) is 0 Å². The fourth-order valence-electron chi connectivity index (χ4n) is 5.84. The van der Waals surface area contributed by atoms with Gasteiger partial charge in [0.05, 0.1) is 41.4 Å². The average molecular weight is 638 g/mol. The molecule has 2 aliphatic heterocycles. The third kappa shape index (κ3) is 5.84. The first-order valence-corrected chi connectivity index (χ1v) is 14.1. The molecular formula is C31H26F7N3O4. The summed E-state index contributed by atoms with van der Waals surface area (Å²) in [5.74, 6) is -6.33. The molecule has 0 radical (unpaired) electrons. The van der Waals surface area contributed by atoms with Crippen LogP contribution in [0.4, 0.5) is 30.7 Å². The number of nitrogens with zero attached hydrogens (tertiary/aromatic N) is 3. The van der Waals surface area contributed by atoms with Gasteiger partial charge in [0.1, 0.15) is 41.1 Å². The highest BCUT2D eigenvalue weighted by molar-refractivity contribution is 5.93. The van der Waals surface area contributed by atoms with Crippen molar-refractivity contribution in [3.05, 3.63) is 93.3 Å². The number of carboxylic acid groups (broad SMARTS) is 1. The lowest BCUT2D eigenvalue weighted by Crippen LogP contribution is -2.36. The van der Waals surface area contributed by atoms with Gasteiger partial charge in [0.2, 0.25) is 0 Å². The lowest BCUT2D eigenvalue weighted by atomic mass is 9.91. The zero-order valence-corrected chi connectivity index (χ0v) is 23.7. The average Bonchev–Trinajstić information content (AvgIpc) is 3.28. The van der Waals surface area contributed by atoms with Gasteiger partial charge in [-0.1, -0.05) is 0 Å². The van der Waals surface area contributed by atoms with Gasteiger partial charge in [-0.2, -0.15) is 13.2 Å². The number of benzene rings is 3. The summed E-state index contributed by atoms with van der Waals surface area (Å²) >= 11 is 0. The Hall–Kier alpha value is -4.17. The molecule has 0 amide bonds. The van der Waals surface area contributed by atoms with E-state index in [1.165, 1.54) is 12.1 Å². The van der Waals surface area contributed by atoms with Gasteiger partial charge < -0.3 is 19.1 Å². The molecule has 7 nitrogen and oxygen atoms in total. The van der Waals surface area contributed by atoms with Gasteiger partial charge in [0.15, 0.2) is 5.82 Å². The van der Waals surface area contributed by atoms with Crippen molar-refractivity contribution in [2.75, 3.05) is 13.2 Å². The Balaban J connectivity index is 1.33. The maximum Gasteiger partial charge on any atom is 0.419 e. The number of fused-ring (bicyclic) bond motifs is 2. The van der Waals surface area contributed by atoms with Crippen molar-refractivity contribution >= 4 is 17.0 Å². The van der Waals surface area contributed by atoms with E-state index in [2.05, 4.69) is 4.98 Å². The van der Waals surface area contributed by atoms with Crippen LogP contribution in [0, 0.1) is 23.3 Å². The van der Waals surface area contributed by atoms with E-state index in [1.54, 1.807) is 11.5 Å². The molecule has 6 rings (SSSR count). The molecular weight excluding hydrogens is 611 g/mol. The van der Waals surface area contributed by atoms with Gasteiger partial charge in [-0.3, -0.25) is 4.90 Å². The van der Waals surface area contributed by atoms with E-state index in [1.807, 2.05) is 4.90 Å². The molecule has 45 heavy (non-hydrogen) atoms. The number of carbonyl (C=O) groups is 1. The highest BCUT2D eigenvalue weighted by Crippen LogP contribution is 2.42. The zero-order valence-electron chi connectivity index (χ0n) is 23.7. The van der Waals surface area contributed by atoms with Gasteiger partial charge in [-0.15, -0.1) is 0 Å². The van der Waals surface area contributed by atoms with Gasteiger partial charge in [0, 0.05) is 31.3 Å². The second kappa shape index (κ2) is 11.6. The first kappa shape index (κ1) is 30.8. The number of hydrogen-bond donors (Lipinski definition) is 1. The van der Waals surface area contributed by atoms with Crippen LogP contribution in [-0.2, 0) is 37.0 Å². The van der Waals surface area contributed by atoms with E-state index in [9.17, 15) is 36.2 Å². The zero-order chi connectivity index (χ0) is 32.2. The van der Waals surface area contributed by atoms with E-state index in [-0.39, 0.29) is 36.6 Å². The summed E-state index contributed by atoms with van der Waals surface area (Å²) in [4.78, 5) is 18.1. The minimum atomic E-state index is -4.84.